The summed E-state index contributed by atoms with van der Waals surface area (Å²) in [6, 6.07) is 0. The van der Waals surface area contributed by atoms with Crippen molar-refractivity contribution >= 4 is 5.69 Å². The molecule has 16 heavy (non-hydrogen) atoms. The van der Waals surface area contributed by atoms with Crippen LogP contribution in [0.1, 0.15) is 12.8 Å². The summed E-state index contributed by atoms with van der Waals surface area (Å²) in [4.78, 5) is 2.36. The minimum absolute atomic E-state index is 0.0477. The van der Waals surface area contributed by atoms with Crippen LogP contribution < -0.4 is 4.90 Å². The van der Waals surface area contributed by atoms with Crippen molar-refractivity contribution in [3.63, 3.8) is 0 Å². The van der Waals surface area contributed by atoms with E-state index in [0.29, 0.717) is 5.92 Å². The summed E-state index contributed by atoms with van der Waals surface area (Å²) in [5.74, 6) is 0.561. The average Bonchev–Trinajstić information content (AvgIpc) is 3.03. The van der Waals surface area contributed by atoms with Crippen LogP contribution in [0.25, 0.3) is 0 Å². The van der Waals surface area contributed by atoms with Crippen LogP contribution in [0, 0.1) is 5.92 Å². The number of aromatic amines is 1. The molecule has 2 fully saturated rings. The van der Waals surface area contributed by atoms with Gasteiger partial charge in [0.2, 0.25) is 0 Å². The molecule has 2 aliphatic heterocycles. The van der Waals surface area contributed by atoms with E-state index in [2.05, 4.69) is 15.1 Å². The lowest BCUT2D eigenvalue weighted by molar-refractivity contribution is -0.0889. The zero-order valence-electron chi connectivity index (χ0n) is 9.26. The van der Waals surface area contributed by atoms with E-state index in [1.54, 1.807) is 0 Å². The Labute approximate surface area is 94.7 Å². The number of hydrogen-bond acceptors (Lipinski definition) is 4. The predicted molar refractivity (Wildman–Crippen MR) is 59.2 cm³/mol. The maximum absolute atomic E-state index is 5.56. The van der Waals surface area contributed by atoms with Crippen LogP contribution in [0.2, 0.25) is 0 Å². The molecule has 0 spiro atoms. The number of piperidine rings is 1. The van der Waals surface area contributed by atoms with E-state index in [1.165, 1.54) is 5.69 Å². The Kier molecular flexibility index (Phi) is 2.80. The molecule has 0 atom stereocenters. The molecule has 0 unspecified atom stereocenters. The number of aromatic nitrogens is 2. The van der Waals surface area contributed by atoms with E-state index >= 15 is 0 Å². The number of rotatable bonds is 2. The number of nitrogens with zero attached hydrogens (tertiary/aromatic N) is 2. The Hall–Kier alpha value is -1.07. The van der Waals surface area contributed by atoms with Crippen LogP contribution >= 0.6 is 0 Å². The molecule has 0 amide bonds. The maximum Gasteiger partial charge on any atom is 0.160 e. The van der Waals surface area contributed by atoms with Crippen molar-refractivity contribution in [1.82, 2.24) is 10.2 Å². The monoisotopic (exact) mass is 223 g/mol. The summed E-state index contributed by atoms with van der Waals surface area (Å²) in [5.41, 5.74) is 1.19. The summed E-state index contributed by atoms with van der Waals surface area (Å²) < 4.78 is 11.1. The molecule has 0 radical (unpaired) electrons. The van der Waals surface area contributed by atoms with E-state index in [-0.39, 0.29) is 6.29 Å². The number of H-pyrrole nitrogens is 1. The molecule has 0 saturated carbocycles. The van der Waals surface area contributed by atoms with Gasteiger partial charge in [-0.25, -0.2) is 0 Å². The molecule has 3 heterocycles. The third kappa shape index (κ3) is 1.92. The fourth-order valence-electron chi connectivity index (χ4n) is 2.50. The Morgan fingerprint density at radius 2 is 2.00 bits per heavy atom. The Balaban J connectivity index is 1.55. The molecule has 5 nitrogen and oxygen atoms in total. The summed E-state index contributed by atoms with van der Waals surface area (Å²) >= 11 is 0. The molecular formula is C11H17N3O2. The highest BCUT2D eigenvalue weighted by atomic mass is 16.7. The molecule has 0 aliphatic carbocycles. The Morgan fingerprint density at radius 3 is 2.62 bits per heavy atom. The quantitative estimate of drug-likeness (QED) is 0.812. The van der Waals surface area contributed by atoms with Crippen molar-refractivity contribution in [3.8, 4) is 0 Å². The van der Waals surface area contributed by atoms with Crippen molar-refractivity contribution in [2.24, 2.45) is 5.92 Å². The lowest BCUT2D eigenvalue weighted by atomic mass is 9.96. The fraction of sp³-hybridized carbons (Fsp3) is 0.727. The first-order chi connectivity index (χ1) is 7.93. The molecule has 2 aliphatic rings. The highest BCUT2D eigenvalue weighted by Gasteiger charge is 2.30. The van der Waals surface area contributed by atoms with Gasteiger partial charge in [-0.05, 0) is 12.8 Å². The first-order valence-corrected chi connectivity index (χ1v) is 5.90. The molecule has 5 heteroatoms. The van der Waals surface area contributed by atoms with Crippen LogP contribution in [0.15, 0.2) is 12.4 Å². The van der Waals surface area contributed by atoms with Gasteiger partial charge in [-0.3, -0.25) is 5.10 Å². The van der Waals surface area contributed by atoms with Gasteiger partial charge in [0, 0.05) is 25.2 Å². The van der Waals surface area contributed by atoms with Crippen molar-refractivity contribution in [1.29, 1.82) is 0 Å². The molecular weight excluding hydrogens is 206 g/mol. The fourth-order valence-corrected chi connectivity index (χ4v) is 2.50. The van der Waals surface area contributed by atoms with Gasteiger partial charge in [-0.1, -0.05) is 0 Å². The lowest BCUT2D eigenvalue weighted by Crippen LogP contribution is -2.38. The molecule has 2 saturated heterocycles. The highest BCUT2D eigenvalue weighted by Crippen LogP contribution is 2.27. The minimum atomic E-state index is 0.0477. The van der Waals surface area contributed by atoms with Gasteiger partial charge in [0.05, 0.1) is 25.1 Å². The minimum Gasteiger partial charge on any atom is -0.369 e. The number of anilines is 1. The van der Waals surface area contributed by atoms with Crippen LogP contribution in [0.4, 0.5) is 5.69 Å². The largest absolute Gasteiger partial charge is 0.369 e. The van der Waals surface area contributed by atoms with Crippen molar-refractivity contribution in [3.05, 3.63) is 12.4 Å². The number of nitrogens with one attached hydrogen (secondary N) is 1. The first kappa shape index (κ1) is 10.1. The molecule has 0 bridgehead atoms. The van der Waals surface area contributed by atoms with Gasteiger partial charge >= 0.3 is 0 Å². The van der Waals surface area contributed by atoms with Crippen molar-refractivity contribution < 1.29 is 9.47 Å². The standard InChI is InChI=1S/C11H17N3O2/c1-3-14(10-7-12-13-8-10)4-2-9(1)11-15-5-6-16-11/h7-9,11H,1-6H2,(H,12,13). The molecule has 1 aromatic heterocycles. The second-order valence-electron chi connectivity index (χ2n) is 4.39. The van der Waals surface area contributed by atoms with E-state index in [9.17, 15) is 0 Å². The van der Waals surface area contributed by atoms with E-state index in [0.717, 1.165) is 39.1 Å². The summed E-state index contributed by atoms with van der Waals surface area (Å²) in [5, 5.41) is 6.83. The lowest BCUT2D eigenvalue weighted by Gasteiger charge is -2.34. The SMILES string of the molecule is c1n[nH]cc1N1CCC(C2OCCO2)CC1. The molecule has 1 aromatic rings. The number of ether oxygens (including phenoxy) is 2. The first-order valence-electron chi connectivity index (χ1n) is 5.90. The van der Waals surface area contributed by atoms with Crippen LogP contribution in [-0.2, 0) is 9.47 Å². The van der Waals surface area contributed by atoms with Gasteiger partial charge in [-0.15, -0.1) is 0 Å². The second kappa shape index (κ2) is 4.43. The van der Waals surface area contributed by atoms with Gasteiger partial charge in [-0.2, -0.15) is 5.10 Å². The van der Waals surface area contributed by atoms with Gasteiger partial charge in [0.25, 0.3) is 0 Å². The third-order valence-corrected chi connectivity index (χ3v) is 3.42. The third-order valence-electron chi connectivity index (χ3n) is 3.42. The van der Waals surface area contributed by atoms with Crippen LogP contribution in [-0.4, -0.2) is 42.8 Å². The average molecular weight is 223 g/mol. The maximum atomic E-state index is 5.56. The van der Waals surface area contributed by atoms with Crippen molar-refractivity contribution in [2.75, 3.05) is 31.2 Å². The highest BCUT2D eigenvalue weighted by molar-refractivity contribution is 5.42. The van der Waals surface area contributed by atoms with Crippen molar-refractivity contribution in [2.45, 2.75) is 19.1 Å². The zero-order valence-corrected chi connectivity index (χ0v) is 9.26. The second-order valence-corrected chi connectivity index (χ2v) is 4.39. The van der Waals surface area contributed by atoms with Gasteiger partial charge < -0.3 is 14.4 Å². The molecule has 3 rings (SSSR count). The summed E-state index contributed by atoms with van der Waals surface area (Å²) in [7, 11) is 0. The van der Waals surface area contributed by atoms with E-state index in [4.69, 9.17) is 9.47 Å². The predicted octanol–water partition coefficient (Wildman–Crippen LogP) is 0.999. The smallest absolute Gasteiger partial charge is 0.160 e. The van der Waals surface area contributed by atoms with Gasteiger partial charge in [0.1, 0.15) is 0 Å². The number of hydrogen-bond donors (Lipinski definition) is 1. The molecule has 0 aromatic carbocycles. The normalized spacial score (nSPS) is 24.1. The van der Waals surface area contributed by atoms with E-state index in [1.807, 2.05) is 12.4 Å². The van der Waals surface area contributed by atoms with Crippen LogP contribution in [0.3, 0.4) is 0 Å². The summed E-state index contributed by atoms with van der Waals surface area (Å²) in [6.07, 6.45) is 6.14. The summed E-state index contributed by atoms with van der Waals surface area (Å²) in [6.45, 7) is 3.64. The molecule has 1 N–H and O–H groups in total. The Bertz CT molecular complexity index is 314. The topological polar surface area (TPSA) is 50.4 Å². The van der Waals surface area contributed by atoms with E-state index < -0.39 is 0 Å². The zero-order chi connectivity index (χ0) is 10.8. The molecule has 88 valence electrons. The Morgan fingerprint density at radius 1 is 1.25 bits per heavy atom. The van der Waals surface area contributed by atoms with Crippen LogP contribution in [0.5, 0.6) is 0 Å². The van der Waals surface area contributed by atoms with Gasteiger partial charge in [0.15, 0.2) is 6.29 Å².